The average molecular weight is 322 g/mol. The van der Waals surface area contributed by atoms with E-state index in [1.54, 1.807) is 0 Å². The molecule has 0 radical (unpaired) electrons. The van der Waals surface area contributed by atoms with Crippen molar-refractivity contribution in [1.29, 1.82) is 0 Å². The Morgan fingerprint density at radius 3 is 2.48 bits per heavy atom. The van der Waals surface area contributed by atoms with Crippen LogP contribution < -0.4 is 0 Å². The van der Waals surface area contributed by atoms with Crippen molar-refractivity contribution in [3.8, 4) is 0 Å². The number of aliphatic hydroxyl groups excluding tert-OH is 1. The highest BCUT2D eigenvalue weighted by Gasteiger charge is 1.96. The molecule has 132 valence electrons. The summed E-state index contributed by atoms with van der Waals surface area (Å²) >= 11 is 0. The van der Waals surface area contributed by atoms with Crippen molar-refractivity contribution in [2.24, 2.45) is 0 Å². The van der Waals surface area contributed by atoms with Gasteiger partial charge in [0.25, 0.3) is 0 Å². The highest BCUT2D eigenvalue weighted by atomic mass is 16.4. The molecule has 0 aliphatic heterocycles. The van der Waals surface area contributed by atoms with E-state index < -0.39 is 5.97 Å². The first-order chi connectivity index (χ1) is 11.2. The van der Waals surface area contributed by atoms with Crippen molar-refractivity contribution in [3.05, 3.63) is 36.5 Å². The van der Waals surface area contributed by atoms with E-state index in [2.05, 4.69) is 25.2 Å². The van der Waals surface area contributed by atoms with Crippen LogP contribution >= 0.6 is 0 Å². The lowest BCUT2D eigenvalue weighted by Crippen LogP contribution is -2.00. The van der Waals surface area contributed by atoms with Crippen molar-refractivity contribution in [2.45, 2.75) is 83.7 Å². The van der Waals surface area contributed by atoms with E-state index in [0.717, 1.165) is 51.4 Å². The van der Waals surface area contributed by atoms with Crippen molar-refractivity contribution >= 4 is 5.97 Å². The van der Waals surface area contributed by atoms with Crippen LogP contribution in [0.3, 0.4) is 0 Å². The van der Waals surface area contributed by atoms with Gasteiger partial charge in [-0.3, -0.25) is 4.79 Å². The predicted molar refractivity (Wildman–Crippen MR) is 97.5 cm³/mol. The quantitative estimate of drug-likeness (QED) is 0.241. The van der Waals surface area contributed by atoms with E-state index in [-0.39, 0.29) is 6.10 Å². The Labute approximate surface area is 141 Å². The van der Waals surface area contributed by atoms with Crippen molar-refractivity contribution in [1.82, 2.24) is 0 Å². The van der Waals surface area contributed by atoms with Crippen LogP contribution in [-0.4, -0.2) is 22.3 Å². The van der Waals surface area contributed by atoms with Crippen LogP contribution in [-0.2, 0) is 4.79 Å². The van der Waals surface area contributed by atoms with Crippen LogP contribution in [0.2, 0.25) is 0 Å². The molecule has 0 amide bonds. The fraction of sp³-hybridized carbons (Fsp3) is 0.650. The SMILES string of the molecule is CCCCC[C@H](O)/C=C\C=C/C/C=C\CCCCCCC(=O)O. The summed E-state index contributed by atoms with van der Waals surface area (Å²) in [6, 6.07) is 0. The van der Waals surface area contributed by atoms with Gasteiger partial charge in [0.15, 0.2) is 0 Å². The van der Waals surface area contributed by atoms with E-state index >= 15 is 0 Å². The Bertz CT molecular complexity index is 356. The lowest BCUT2D eigenvalue weighted by Gasteiger charge is -2.02. The summed E-state index contributed by atoms with van der Waals surface area (Å²) in [4.78, 5) is 10.3. The van der Waals surface area contributed by atoms with Gasteiger partial charge >= 0.3 is 5.97 Å². The minimum Gasteiger partial charge on any atom is -0.481 e. The summed E-state index contributed by atoms with van der Waals surface area (Å²) in [6.07, 6.45) is 22.5. The molecule has 0 aromatic carbocycles. The number of allylic oxidation sites excluding steroid dienone is 5. The summed E-state index contributed by atoms with van der Waals surface area (Å²) in [6.45, 7) is 2.16. The lowest BCUT2D eigenvalue weighted by atomic mass is 10.1. The van der Waals surface area contributed by atoms with Gasteiger partial charge in [0.05, 0.1) is 6.10 Å². The second kappa shape index (κ2) is 17.0. The van der Waals surface area contributed by atoms with Crippen LogP contribution in [0, 0.1) is 0 Å². The fourth-order valence-electron chi connectivity index (χ4n) is 2.23. The summed E-state index contributed by atoms with van der Waals surface area (Å²) in [5.41, 5.74) is 0. The second-order valence-electron chi connectivity index (χ2n) is 5.93. The summed E-state index contributed by atoms with van der Waals surface area (Å²) in [5, 5.41) is 18.2. The minimum absolute atomic E-state index is 0.293. The van der Waals surface area contributed by atoms with Gasteiger partial charge in [0.2, 0.25) is 0 Å². The number of carboxylic acids is 1. The van der Waals surface area contributed by atoms with Gasteiger partial charge < -0.3 is 10.2 Å². The molecule has 3 heteroatoms. The molecule has 0 saturated heterocycles. The molecule has 0 aromatic rings. The third-order valence-electron chi connectivity index (χ3n) is 3.63. The smallest absolute Gasteiger partial charge is 0.303 e. The number of unbranched alkanes of at least 4 members (excludes halogenated alkanes) is 6. The highest BCUT2D eigenvalue weighted by molar-refractivity contribution is 5.66. The zero-order chi connectivity index (χ0) is 17.2. The monoisotopic (exact) mass is 322 g/mol. The van der Waals surface area contributed by atoms with Crippen LogP contribution in [0.25, 0.3) is 0 Å². The first-order valence-electron chi connectivity index (χ1n) is 9.05. The number of carbonyl (C=O) groups is 1. The minimum atomic E-state index is -0.695. The molecule has 3 nitrogen and oxygen atoms in total. The van der Waals surface area contributed by atoms with Gasteiger partial charge in [-0.05, 0) is 32.1 Å². The molecular formula is C20H34O3. The molecule has 0 aliphatic rings. The van der Waals surface area contributed by atoms with Crippen LogP contribution in [0.5, 0.6) is 0 Å². The molecular weight excluding hydrogens is 288 g/mol. The topological polar surface area (TPSA) is 57.5 Å². The maximum Gasteiger partial charge on any atom is 0.303 e. The first-order valence-corrected chi connectivity index (χ1v) is 9.05. The molecule has 0 rings (SSSR count). The summed E-state index contributed by atoms with van der Waals surface area (Å²) in [7, 11) is 0. The predicted octanol–water partition coefficient (Wildman–Crippen LogP) is 5.41. The normalized spacial score (nSPS) is 13.5. The molecule has 2 N–H and O–H groups in total. The lowest BCUT2D eigenvalue weighted by molar-refractivity contribution is -0.137. The number of aliphatic hydroxyl groups is 1. The Morgan fingerprint density at radius 1 is 0.957 bits per heavy atom. The third kappa shape index (κ3) is 18.6. The van der Waals surface area contributed by atoms with E-state index in [4.69, 9.17) is 5.11 Å². The van der Waals surface area contributed by atoms with Crippen molar-refractivity contribution in [2.75, 3.05) is 0 Å². The number of hydrogen-bond acceptors (Lipinski definition) is 2. The first kappa shape index (κ1) is 21.6. The Balaban J connectivity index is 3.45. The van der Waals surface area contributed by atoms with Gasteiger partial charge in [-0.1, -0.05) is 75.5 Å². The molecule has 0 unspecified atom stereocenters. The molecule has 0 aromatic heterocycles. The van der Waals surface area contributed by atoms with Gasteiger partial charge in [-0.25, -0.2) is 0 Å². The highest BCUT2D eigenvalue weighted by Crippen LogP contribution is 2.06. The van der Waals surface area contributed by atoms with E-state index in [1.165, 1.54) is 12.8 Å². The molecule has 0 saturated carbocycles. The Kier molecular flexibility index (Phi) is 16.0. The zero-order valence-corrected chi connectivity index (χ0v) is 14.6. The molecule has 1 atom stereocenters. The zero-order valence-electron chi connectivity index (χ0n) is 14.6. The Hall–Kier alpha value is -1.35. The summed E-state index contributed by atoms with van der Waals surface area (Å²) < 4.78 is 0. The maximum atomic E-state index is 10.3. The maximum absolute atomic E-state index is 10.3. The van der Waals surface area contributed by atoms with E-state index in [9.17, 15) is 9.90 Å². The number of rotatable bonds is 15. The van der Waals surface area contributed by atoms with Crippen LogP contribution in [0.1, 0.15) is 77.6 Å². The number of aliphatic carboxylic acids is 1. The molecule has 0 fully saturated rings. The number of carboxylic acid groups (broad SMARTS) is 1. The van der Waals surface area contributed by atoms with Gasteiger partial charge in [-0.2, -0.15) is 0 Å². The molecule has 23 heavy (non-hydrogen) atoms. The molecule has 0 bridgehead atoms. The van der Waals surface area contributed by atoms with Gasteiger partial charge in [0.1, 0.15) is 0 Å². The molecule has 0 spiro atoms. The van der Waals surface area contributed by atoms with Gasteiger partial charge in [-0.15, -0.1) is 0 Å². The second-order valence-corrected chi connectivity index (χ2v) is 5.93. The van der Waals surface area contributed by atoms with Gasteiger partial charge in [0, 0.05) is 6.42 Å². The van der Waals surface area contributed by atoms with E-state index in [0.29, 0.717) is 6.42 Å². The molecule has 0 heterocycles. The molecule has 0 aliphatic carbocycles. The standard InChI is InChI=1S/C20H34O3/c1-2-3-13-16-19(21)17-14-11-9-7-5-4-6-8-10-12-15-18-20(22)23/h4-5,9,11,14,17,19,21H,2-3,6-8,10,12-13,15-16,18H2,1H3,(H,22,23)/b5-4-,11-9-,17-14-/t19-/m0/s1. The van der Waals surface area contributed by atoms with Crippen molar-refractivity contribution in [3.63, 3.8) is 0 Å². The summed E-state index contributed by atoms with van der Waals surface area (Å²) in [5.74, 6) is -0.695. The van der Waals surface area contributed by atoms with Crippen LogP contribution in [0.4, 0.5) is 0 Å². The average Bonchev–Trinajstić information content (AvgIpc) is 2.51. The number of hydrogen-bond donors (Lipinski definition) is 2. The third-order valence-corrected chi connectivity index (χ3v) is 3.63. The van der Waals surface area contributed by atoms with Crippen LogP contribution in [0.15, 0.2) is 36.5 Å². The Morgan fingerprint density at radius 2 is 1.74 bits per heavy atom. The largest absolute Gasteiger partial charge is 0.481 e. The van der Waals surface area contributed by atoms with E-state index in [1.807, 2.05) is 18.2 Å². The van der Waals surface area contributed by atoms with Crippen molar-refractivity contribution < 1.29 is 15.0 Å². The fourth-order valence-corrected chi connectivity index (χ4v) is 2.23.